The van der Waals surface area contributed by atoms with E-state index in [-0.39, 0.29) is 0 Å². The van der Waals surface area contributed by atoms with E-state index in [4.69, 9.17) is 9.15 Å². The minimum atomic E-state index is 0.748. The Labute approximate surface area is 103 Å². The summed E-state index contributed by atoms with van der Waals surface area (Å²) in [6.07, 6.45) is 4.50. The Balaban J connectivity index is 1.72. The number of likely N-dealkylation sites (N-methyl/N-ethyl adjacent to an activating group) is 1. The topological polar surface area (TPSA) is 37.6 Å². The smallest absolute Gasteiger partial charge is 0.118 e. The summed E-state index contributed by atoms with van der Waals surface area (Å²) >= 11 is 0. The minimum Gasteiger partial charge on any atom is -0.468 e. The van der Waals surface area contributed by atoms with E-state index in [1.807, 2.05) is 6.26 Å². The lowest BCUT2D eigenvalue weighted by molar-refractivity contribution is 0.155. The van der Waals surface area contributed by atoms with Gasteiger partial charge in [-0.3, -0.25) is 4.90 Å². The van der Waals surface area contributed by atoms with E-state index in [0.717, 1.165) is 38.0 Å². The summed E-state index contributed by atoms with van der Waals surface area (Å²) in [4.78, 5) is 2.19. The highest BCUT2D eigenvalue weighted by Gasteiger charge is 2.20. The second kappa shape index (κ2) is 6.19. The molecule has 0 saturated heterocycles. The van der Waals surface area contributed by atoms with Crippen LogP contribution in [0.4, 0.5) is 0 Å². The van der Waals surface area contributed by atoms with E-state index >= 15 is 0 Å². The fraction of sp³-hybridized carbons (Fsp3) is 0.692. The highest BCUT2D eigenvalue weighted by Crippen LogP contribution is 2.19. The van der Waals surface area contributed by atoms with Crippen LogP contribution in [0.25, 0.3) is 0 Å². The molecule has 96 valence electrons. The predicted octanol–water partition coefficient (Wildman–Crippen LogP) is 1.61. The van der Waals surface area contributed by atoms with E-state index in [9.17, 15) is 0 Å². The molecule has 1 aromatic rings. The Kier molecular flexibility index (Phi) is 4.59. The van der Waals surface area contributed by atoms with Crippen molar-refractivity contribution in [1.82, 2.24) is 10.2 Å². The number of methoxy groups -OCH3 is 1. The lowest BCUT2D eigenvalue weighted by Crippen LogP contribution is -2.22. The molecule has 1 heterocycles. The maximum atomic E-state index is 5.55. The molecule has 0 unspecified atom stereocenters. The largest absolute Gasteiger partial charge is 0.468 e. The second-order valence-electron chi connectivity index (χ2n) is 4.81. The van der Waals surface area contributed by atoms with Crippen LogP contribution in [0, 0.1) is 0 Å². The van der Waals surface area contributed by atoms with Gasteiger partial charge in [-0.2, -0.15) is 0 Å². The average Bonchev–Trinajstić information content (AvgIpc) is 3.05. The van der Waals surface area contributed by atoms with Crippen LogP contribution in [0.5, 0.6) is 0 Å². The maximum absolute atomic E-state index is 5.55. The van der Waals surface area contributed by atoms with Gasteiger partial charge in [0.1, 0.15) is 5.76 Å². The van der Waals surface area contributed by atoms with E-state index < -0.39 is 0 Å². The molecule has 2 rings (SSSR count). The Hall–Kier alpha value is -0.840. The van der Waals surface area contributed by atoms with Crippen molar-refractivity contribution in [2.45, 2.75) is 32.0 Å². The Morgan fingerprint density at radius 1 is 1.53 bits per heavy atom. The summed E-state index contributed by atoms with van der Waals surface area (Å²) in [7, 11) is 3.80. The van der Waals surface area contributed by atoms with E-state index in [1.54, 1.807) is 7.11 Å². The molecule has 0 spiro atoms. The van der Waals surface area contributed by atoms with Crippen LogP contribution in [0.3, 0.4) is 0 Å². The highest BCUT2D eigenvalue weighted by molar-refractivity contribution is 5.13. The van der Waals surface area contributed by atoms with E-state index in [2.05, 4.69) is 23.3 Å². The predicted molar refractivity (Wildman–Crippen MR) is 66.8 cm³/mol. The van der Waals surface area contributed by atoms with Crippen LogP contribution < -0.4 is 5.32 Å². The van der Waals surface area contributed by atoms with Crippen LogP contribution in [-0.4, -0.2) is 38.3 Å². The van der Waals surface area contributed by atoms with Crippen molar-refractivity contribution >= 4 is 0 Å². The molecule has 1 N–H and O–H groups in total. The van der Waals surface area contributed by atoms with Gasteiger partial charge in [0.2, 0.25) is 0 Å². The first kappa shape index (κ1) is 12.6. The fourth-order valence-electron chi connectivity index (χ4n) is 1.74. The number of hydrogen-bond acceptors (Lipinski definition) is 4. The van der Waals surface area contributed by atoms with Crippen molar-refractivity contribution in [3.05, 3.63) is 23.7 Å². The third-order valence-electron chi connectivity index (χ3n) is 2.98. The van der Waals surface area contributed by atoms with Gasteiger partial charge in [0, 0.05) is 31.8 Å². The first-order chi connectivity index (χ1) is 8.28. The third kappa shape index (κ3) is 4.50. The van der Waals surface area contributed by atoms with E-state index in [0.29, 0.717) is 0 Å². The summed E-state index contributed by atoms with van der Waals surface area (Å²) in [5.74, 6) is 1.02. The van der Waals surface area contributed by atoms with Gasteiger partial charge < -0.3 is 14.5 Å². The molecule has 1 saturated carbocycles. The standard InChI is InChI=1S/C13H22N2O2/c1-15(5-6-16-2)9-13-7-11(10-17-13)8-14-12-3-4-12/h7,10,12,14H,3-6,8-9H2,1-2H3. The zero-order valence-corrected chi connectivity index (χ0v) is 10.7. The molecule has 1 aliphatic carbocycles. The van der Waals surface area contributed by atoms with Crippen molar-refractivity contribution in [2.24, 2.45) is 0 Å². The lowest BCUT2D eigenvalue weighted by Gasteiger charge is -2.13. The molecule has 0 aliphatic heterocycles. The first-order valence-electron chi connectivity index (χ1n) is 6.25. The first-order valence-corrected chi connectivity index (χ1v) is 6.25. The zero-order valence-electron chi connectivity index (χ0n) is 10.7. The SMILES string of the molecule is COCCN(C)Cc1cc(CNC2CC2)co1. The van der Waals surface area contributed by atoms with Crippen LogP contribution >= 0.6 is 0 Å². The normalized spacial score (nSPS) is 15.7. The summed E-state index contributed by atoms with van der Waals surface area (Å²) in [5.41, 5.74) is 1.24. The van der Waals surface area contributed by atoms with Crippen LogP contribution in [0.15, 0.2) is 16.7 Å². The van der Waals surface area contributed by atoms with Crippen LogP contribution in [0.2, 0.25) is 0 Å². The quantitative estimate of drug-likeness (QED) is 0.746. The molecular weight excluding hydrogens is 216 g/mol. The maximum Gasteiger partial charge on any atom is 0.118 e. The van der Waals surface area contributed by atoms with Crippen molar-refractivity contribution in [3.63, 3.8) is 0 Å². The van der Waals surface area contributed by atoms with Crippen molar-refractivity contribution in [2.75, 3.05) is 27.3 Å². The number of rotatable bonds is 8. The molecule has 0 radical (unpaired) electrons. The lowest BCUT2D eigenvalue weighted by atomic mass is 10.3. The molecule has 1 aromatic heterocycles. The number of furan rings is 1. The van der Waals surface area contributed by atoms with Crippen molar-refractivity contribution < 1.29 is 9.15 Å². The zero-order chi connectivity index (χ0) is 12.1. The fourth-order valence-corrected chi connectivity index (χ4v) is 1.74. The van der Waals surface area contributed by atoms with Crippen LogP contribution in [0.1, 0.15) is 24.2 Å². The molecule has 0 aromatic carbocycles. The molecule has 0 bridgehead atoms. The number of ether oxygens (including phenoxy) is 1. The van der Waals surface area contributed by atoms with Gasteiger partial charge in [0.15, 0.2) is 0 Å². The molecule has 4 heteroatoms. The van der Waals surface area contributed by atoms with Gasteiger partial charge in [-0.05, 0) is 26.0 Å². The minimum absolute atomic E-state index is 0.748. The summed E-state index contributed by atoms with van der Waals surface area (Å²) in [5, 5.41) is 3.48. The number of hydrogen-bond donors (Lipinski definition) is 1. The second-order valence-corrected chi connectivity index (χ2v) is 4.81. The highest BCUT2D eigenvalue weighted by atomic mass is 16.5. The average molecular weight is 238 g/mol. The van der Waals surface area contributed by atoms with Crippen LogP contribution in [-0.2, 0) is 17.8 Å². The molecule has 1 aliphatic rings. The molecule has 0 atom stereocenters. The Morgan fingerprint density at radius 3 is 3.06 bits per heavy atom. The van der Waals surface area contributed by atoms with Gasteiger partial charge in [-0.1, -0.05) is 0 Å². The van der Waals surface area contributed by atoms with Gasteiger partial charge in [-0.25, -0.2) is 0 Å². The third-order valence-corrected chi connectivity index (χ3v) is 2.98. The van der Waals surface area contributed by atoms with Crippen molar-refractivity contribution in [3.8, 4) is 0 Å². The molecule has 4 nitrogen and oxygen atoms in total. The van der Waals surface area contributed by atoms with Gasteiger partial charge in [0.05, 0.1) is 19.4 Å². The monoisotopic (exact) mass is 238 g/mol. The van der Waals surface area contributed by atoms with Gasteiger partial charge in [0.25, 0.3) is 0 Å². The molecule has 17 heavy (non-hydrogen) atoms. The van der Waals surface area contributed by atoms with Gasteiger partial charge in [-0.15, -0.1) is 0 Å². The van der Waals surface area contributed by atoms with E-state index in [1.165, 1.54) is 18.4 Å². The molecule has 0 amide bonds. The number of nitrogens with zero attached hydrogens (tertiary/aromatic N) is 1. The Bertz CT molecular complexity index is 334. The summed E-state index contributed by atoms with van der Waals surface area (Å²) < 4.78 is 10.6. The van der Waals surface area contributed by atoms with Crippen molar-refractivity contribution in [1.29, 1.82) is 0 Å². The Morgan fingerprint density at radius 2 is 2.35 bits per heavy atom. The number of nitrogens with one attached hydrogen (secondary N) is 1. The summed E-state index contributed by atoms with van der Waals surface area (Å²) in [6, 6.07) is 2.89. The summed E-state index contributed by atoms with van der Waals surface area (Å²) in [6.45, 7) is 3.45. The molecule has 1 fully saturated rings. The van der Waals surface area contributed by atoms with Gasteiger partial charge >= 0.3 is 0 Å². The molecular formula is C13H22N2O2.